The fraction of sp³-hybridized carbons (Fsp3) is 1.00. The van der Waals surface area contributed by atoms with Crippen molar-refractivity contribution in [3.63, 3.8) is 0 Å². The van der Waals surface area contributed by atoms with E-state index in [1.54, 1.807) is 0 Å². The summed E-state index contributed by atoms with van der Waals surface area (Å²) >= 11 is 0. The topological polar surface area (TPSA) is 33.3 Å². The van der Waals surface area contributed by atoms with Crippen molar-refractivity contribution in [1.82, 2.24) is 10.6 Å². The van der Waals surface area contributed by atoms with E-state index >= 15 is 0 Å². The second-order valence-electron chi connectivity index (χ2n) is 3.49. The minimum absolute atomic E-state index is 0.0742. The maximum absolute atomic E-state index is 5.86. The van der Waals surface area contributed by atoms with Crippen LogP contribution in [-0.4, -0.2) is 38.9 Å². The Morgan fingerprint density at radius 1 is 1.58 bits per heavy atom. The van der Waals surface area contributed by atoms with Crippen LogP contribution in [0.5, 0.6) is 0 Å². The van der Waals surface area contributed by atoms with Gasteiger partial charge in [0.15, 0.2) is 0 Å². The van der Waals surface area contributed by atoms with Crippen molar-refractivity contribution in [2.24, 2.45) is 0 Å². The van der Waals surface area contributed by atoms with Gasteiger partial charge in [0.2, 0.25) is 0 Å². The molecule has 0 aromatic rings. The maximum atomic E-state index is 5.86. The molecule has 0 aromatic heterocycles. The maximum Gasteiger partial charge on any atom is 0.0941 e. The van der Waals surface area contributed by atoms with Gasteiger partial charge in [-0.3, -0.25) is 0 Å². The van der Waals surface area contributed by atoms with Crippen LogP contribution < -0.4 is 10.6 Å². The summed E-state index contributed by atoms with van der Waals surface area (Å²) < 4.78 is 5.86. The first kappa shape index (κ1) is 9.96. The van der Waals surface area contributed by atoms with Crippen molar-refractivity contribution < 1.29 is 4.74 Å². The largest absolute Gasteiger partial charge is 0.372 e. The molecule has 0 aromatic carbocycles. The molecular formula is C9H20N2O. The Balaban J connectivity index is 2.35. The van der Waals surface area contributed by atoms with E-state index in [0.29, 0.717) is 0 Å². The van der Waals surface area contributed by atoms with Gasteiger partial charge in [-0.05, 0) is 26.4 Å². The molecule has 72 valence electrons. The number of nitrogens with one attached hydrogen (secondary N) is 2. The molecule has 2 N–H and O–H groups in total. The Kier molecular flexibility index (Phi) is 3.98. The standard InChI is InChI=1S/C9H20N2O/c1-3-6-12-9(7-10-2)4-5-11-8-9/h10-11H,3-8H2,1-2H3. The molecule has 1 rings (SSSR count). The number of ether oxygens (including phenoxy) is 1. The van der Waals surface area contributed by atoms with Crippen molar-refractivity contribution in [2.75, 3.05) is 33.3 Å². The van der Waals surface area contributed by atoms with Gasteiger partial charge >= 0.3 is 0 Å². The summed E-state index contributed by atoms with van der Waals surface area (Å²) in [5, 5.41) is 6.54. The highest BCUT2D eigenvalue weighted by atomic mass is 16.5. The zero-order valence-electron chi connectivity index (χ0n) is 8.15. The Hall–Kier alpha value is -0.120. The van der Waals surface area contributed by atoms with E-state index in [4.69, 9.17) is 4.74 Å². The molecule has 0 bridgehead atoms. The van der Waals surface area contributed by atoms with Crippen molar-refractivity contribution in [3.8, 4) is 0 Å². The molecule has 1 aliphatic heterocycles. The quantitative estimate of drug-likeness (QED) is 0.628. The highest BCUT2D eigenvalue weighted by Crippen LogP contribution is 2.18. The van der Waals surface area contributed by atoms with E-state index in [0.717, 1.165) is 39.1 Å². The van der Waals surface area contributed by atoms with Gasteiger partial charge in [-0.25, -0.2) is 0 Å². The molecule has 0 radical (unpaired) electrons. The molecule has 1 saturated heterocycles. The Labute approximate surface area is 74.9 Å². The third-order valence-electron chi connectivity index (χ3n) is 2.32. The van der Waals surface area contributed by atoms with Crippen LogP contribution in [0.4, 0.5) is 0 Å². The van der Waals surface area contributed by atoms with Gasteiger partial charge in [0.1, 0.15) is 0 Å². The molecule has 1 unspecified atom stereocenters. The van der Waals surface area contributed by atoms with Crippen LogP contribution >= 0.6 is 0 Å². The predicted molar refractivity (Wildman–Crippen MR) is 50.4 cm³/mol. The summed E-state index contributed by atoms with van der Waals surface area (Å²) in [6.45, 7) is 6.07. The van der Waals surface area contributed by atoms with Gasteiger partial charge in [0, 0.05) is 19.7 Å². The summed E-state index contributed by atoms with van der Waals surface area (Å²) in [5.41, 5.74) is 0.0742. The van der Waals surface area contributed by atoms with Gasteiger partial charge in [0.05, 0.1) is 5.60 Å². The van der Waals surface area contributed by atoms with Crippen molar-refractivity contribution in [2.45, 2.75) is 25.4 Å². The van der Waals surface area contributed by atoms with Crippen LogP contribution in [-0.2, 0) is 4.74 Å². The first-order valence-corrected chi connectivity index (χ1v) is 4.82. The lowest BCUT2D eigenvalue weighted by molar-refractivity contribution is -0.0277. The lowest BCUT2D eigenvalue weighted by Crippen LogP contribution is -2.44. The average Bonchev–Trinajstić information content (AvgIpc) is 2.51. The van der Waals surface area contributed by atoms with Crippen molar-refractivity contribution >= 4 is 0 Å². The summed E-state index contributed by atoms with van der Waals surface area (Å²) in [4.78, 5) is 0. The second kappa shape index (κ2) is 4.80. The van der Waals surface area contributed by atoms with Crippen molar-refractivity contribution in [1.29, 1.82) is 0 Å². The van der Waals surface area contributed by atoms with Crippen LogP contribution in [0.1, 0.15) is 19.8 Å². The van der Waals surface area contributed by atoms with E-state index in [9.17, 15) is 0 Å². The van der Waals surface area contributed by atoms with E-state index in [1.165, 1.54) is 0 Å². The predicted octanol–water partition coefficient (Wildman–Crippen LogP) is 0.364. The summed E-state index contributed by atoms with van der Waals surface area (Å²) in [5.74, 6) is 0. The van der Waals surface area contributed by atoms with Crippen LogP contribution in [0.15, 0.2) is 0 Å². The highest BCUT2D eigenvalue weighted by molar-refractivity contribution is 4.91. The molecule has 1 fully saturated rings. The normalized spacial score (nSPS) is 29.5. The monoisotopic (exact) mass is 172 g/mol. The van der Waals surface area contributed by atoms with Crippen LogP contribution in [0.2, 0.25) is 0 Å². The molecule has 3 nitrogen and oxygen atoms in total. The fourth-order valence-electron chi connectivity index (χ4n) is 1.69. The lowest BCUT2D eigenvalue weighted by atomic mass is 10.0. The molecule has 12 heavy (non-hydrogen) atoms. The number of likely N-dealkylation sites (N-methyl/N-ethyl adjacent to an activating group) is 1. The minimum atomic E-state index is 0.0742. The molecule has 1 atom stereocenters. The molecule has 1 aliphatic rings. The van der Waals surface area contributed by atoms with Crippen LogP contribution in [0.3, 0.4) is 0 Å². The smallest absolute Gasteiger partial charge is 0.0941 e. The zero-order valence-corrected chi connectivity index (χ0v) is 8.15. The molecule has 1 heterocycles. The molecule has 0 spiro atoms. The molecule has 0 aliphatic carbocycles. The Morgan fingerprint density at radius 2 is 2.42 bits per heavy atom. The molecule has 0 saturated carbocycles. The third kappa shape index (κ3) is 2.44. The minimum Gasteiger partial charge on any atom is -0.372 e. The summed E-state index contributed by atoms with van der Waals surface area (Å²) in [7, 11) is 1.98. The molecule has 3 heteroatoms. The molecular weight excluding hydrogens is 152 g/mol. The Morgan fingerprint density at radius 3 is 2.92 bits per heavy atom. The first-order chi connectivity index (χ1) is 5.83. The van der Waals surface area contributed by atoms with E-state index in [1.807, 2.05) is 7.05 Å². The Bertz CT molecular complexity index is 122. The zero-order chi connectivity index (χ0) is 8.86. The summed E-state index contributed by atoms with van der Waals surface area (Å²) in [6.07, 6.45) is 2.24. The van der Waals surface area contributed by atoms with Gasteiger partial charge in [-0.1, -0.05) is 6.92 Å². The number of hydrogen-bond acceptors (Lipinski definition) is 3. The van der Waals surface area contributed by atoms with E-state index < -0.39 is 0 Å². The van der Waals surface area contributed by atoms with Gasteiger partial charge in [-0.15, -0.1) is 0 Å². The third-order valence-corrected chi connectivity index (χ3v) is 2.32. The number of hydrogen-bond donors (Lipinski definition) is 2. The van der Waals surface area contributed by atoms with Gasteiger partial charge in [0.25, 0.3) is 0 Å². The van der Waals surface area contributed by atoms with E-state index in [2.05, 4.69) is 17.6 Å². The number of rotatable bonds is 5. The SMILES string of the molecule is CCCOC1(CNC)CCNC1. The fourth-order valence-corrected chi connectivity index (χ4v) is 1.69. The van der Waals surface area contributed by atoms with Gasteiger partial charge < -0.3 is 15.4 Å². The van der Waals surface area contributed by atoms with Crippen LogP contribution in [0.25, 0.3) is 0 Å². The van der Waals surface area contributed by atoms with Crippen LogP contribution in [0, 0.1) is 0 Å². The highest BCUT2D eigenvalue weighted by Gasteiger charge is 2.33. The van der Waals surface area contributed by atoms with E-state index in [-0.39, 0.29) is 5.60 Å². The average molecular weight is 172 g/mol. The molecule has 0 amide bonds. The summed E-state index contributed by atoms with van der Waals surface area (Å²) in [6, 6.07) is 0. The second-order valence-corrected chi connectivity index (χ2v) is 3.49. The van der Waals surface area contributed by atoms with Crippen molar-refractivity contribution in [3.05, 3.63) is 0 Å². The lowest BCUT2D eigenvalue weighted by Gasteiger charge is -2.28. The first-order valence-electron chi connectivity index (χ1n) is 4.82. The van der Waals surface area contributed by atoms with Gasteiger partial charge in [-0.2, -0.15) is 0 Å².